The summed E-state index contributed by atoms with van der Waals surface area (Å²) in [4.78, 5) is 37.4. The van der Waals surface area contributed by atoms with Crippen LogP contribution in [-0.2, 0) is 11.3 Å². The molecule has 3 aromatic rings. The van der Waals surface area contributed by atoms with Gasteiger partial charge >= 0.3 is 6.03 Å². The number of amides is 2. The first kappa shape index (κ1) is 23.3. The molecule has 0 bridgehead atoms. The van der Waals surface area contributed by atoms with Crippen LogP contribution in [0.4, 0.5) is 16.3 Å². The second-order valence-electron chi connectivity index (χ2n) is 7.97. The summed E-state index contributed by atoms with van der Waals surface area (Å²) in [5.41, 5.74) is 8.55. The highest BCUT2D eigenvalue weighted by Gasteiger charge is 2.30. The van der Waals surface area contributed by atoms with Crippen LogP contribution >= 0.6 is 21.7 Å². The molecule has 1 aliphatic rings. The van der Waals surface area contributed by atoms with Crippen molar-refractivity contribution in [3.63, 3.8) is 0 Å². The van der Waals surface area contributed by atoms with Crippen molar-refractivity contribution in [2.45, 2.75) is 30.3 Å². The molecule has 0 saturated carbocycles. The van der Waals surface area contributed by atoms with Gasteiger partial charge in [-0.3, -0.25) is 4.90 Å². The minimum atomic E-state index is -0.167. The number of fused-ring (bicyclic) bond motifs is 1. The van der Waals surface area contributed by atoms with Gasteiger partial charge in [0, 0.05) is 54.6 Å². The van der Waals surface area contributed by atoms with Gasteiger partial charge in [-0.1, -0.05) is 12.1 Å². The Labute approximate surface area is 201 Å². The van der Waals surface area contributed by atoms with E-state index in [1.54, 1.807) is 0 Å². The zero-order valence-corrected chi connectivity index (χ0v) is 19.6. The summed E-state index contributed by atoms with van der Waals surface area (Å²) >= 11 is 0. The maximum atomic E-state index is 13.0. The van der Waals surface area contributed by atoms with Crippen LogP contribution in [0.5, 0.6) is 0 Å². The quantitative estimate of drug-likeness (QED) is 0.485. The average Bonchev–Trinajstić information content (AvgIpc) is 2.83. The third-order valence-corrected chi connectivity index (χ3v) is 6.72. The Hall–Kier alpha value is -2.88. The highest BCUT2D eigenvalue weighted by Crippen LogP contribution is 2.25. The maximum Gasteiger partial charge on any atom is 0.322 e. The molecule has 1 aromatic heterocycles. The van der Waals surface area contributed by atoms with Crippen LogP contribution in [0, 0.1) is 0 Å². The lowest BCUT2D eigenvalue weighted by atomic mass is 10.1. The Bertz CT molecular complexity index is 1150. The predicted octanol–water partition coefficient (Wildman–Crippen LogP) is 4.16. The first-order chi connectivity index (χ1) is 16.1. The number of nitrogens with one attached hydrogen (secondary N) is 1. The molecular formula is C23H25ClN6O2S. The number of hydrogen-bond acceptors (Lipinski definition) is 7. The van der Waals surface area contributed by atoms with Gasteiger partial charge in [-0.25, -0.2) is 14.8 Å². The molecule has 1 atom stereocenters. The van der Waals surface area contributed by atoms with E-state index in [9.17, 15) is 9.59 Å². The number of aromatic nitrogens is 2. The average molecular weight is 485 g/mol. The van der Waals surface area contributed by atoms with E-state index in [4.69, 9.17) is 16.4 Å². The maximum absolute atomic E-state index is 13.0. The lowest BCUT2D eigenvalue weighted by Crippen LogP contribution is -2.56. The van der Waals surface area contributed by atoms with Crippen molar-refractivity contribution >= 4 is 56.4 Å². The Morgan fingerprint density at radius 3 is 2.94 bits per heavy atom. The molecule has 0 radical (unpaired) electrons. The van der Waals surface area contributed by atoms with E-state index in [2.05, 4.69) is 20.2 Å². The summed E-state index contributed by atoms with van der Waals surface area (Å²) in [7, 11) is 6.94. The molecule has 2 amide bonds. The van der Waals surface area contributed by atoms with Crippen molar-refractivity contribution in [3.8, 4) is 0 Å². The van der Waals surface area contributed by atoms with E-state index in [0.29, 0.717) is 37.4 Å². The smallest absolute Gasteiger partial charge is 0.322 e. The number of anilines is 2. The van der Waals surface area contributed by atoms with Crippen molar-refractivity contribution in [1.82, 2.24) is 19.8 Å². The molecular weight excluding hydrogens is 460 g/mol. The summed E-state index contributed by atoms with van der Waals surface area (Å²) in [6.07, 6.45) is 3.40. The summed E-state index contributed by atoms with van der Waals surface area (Å²) in [5, 5.41) is 3.80. The molecule has 33 heavy (non-hydrogen) atoms. The highest BCUT2D eigenvalue weighted by atomic mass is 35.7. The lowest BCUT2D eigenvalue weighted by molar-refractivity contribution is -0.108. The largest absolute Gasteiger partial charge is 0.383 e. The highest BCUT2D eigenvalue weighted by molar-refractivity contribution is 8.21. The second kappa shape index (κ2) is 10.8. The van der Waals surface area contributed by atoms with Crippen LogP contribution in [-0.4, -0.2) is 57.8 Å². The van der Waals surface area contributed by atoms with E-state index in [1.807, 2.05) is 47.4 Å². The number of nitrogens with two attached hydrogens (primary N) is 1. The van der Waals surface area contributed by atoms with Crippen LogP contribution < -0.4 is 11.1 Å². The van der Waals surface area contributed by atoms with E-state index in [-0.39, 0.29) is 12.1 Å². The Balaban J connectivity index is 1.44. The van der Waals surface area contributed by atoms with Gasteiger partial charge in [0.05, 0.1) is 5.52 Å². The molecule has 0 spiro atoms. The minimum absolute atomic E-state index is 0.0621. The van der Waals surface area contributed by atoms with E-state index >= 15 is 0 Å². The molecule has 3 N–H and O–H groups in total. The fourth-order valence-corrected chi connectivity index (χ4v) is 4.72. The van der Waals surface area contributed by atoms with Crippen LogP contribution in [0.3, 0.4) is 0 Å². The topological polar surface area (TPSA) is 104 Å². The molecule has 1 aliphatic heterocycles. The third kappa shape index (κ3) is 5.73. The summed E-state index contributed by atoms with van der Waals surface area (Å²) < 4.78 is 0. The number of nitrogen functional groups attached to an aromatic ring is 1. The molecule has 172 valence electrons. The number of hydrogen-bond donors (Lipinski definition) is 2. The van der Waals surface area contributed by atoms with Gasteiger partial charge in [0.25, 0.3) is 0 Å². The van der Waals surface area contributed by atoms with E-state index in [1.165, 1.54) is 6.33 Å². The van der Waals surface area contributed by atoms with Crippen LogP contribution in [0.1, 0.15) is 18.4 Å². The summed E-state index contributed by atoms with van der Waals surface area (Å²) in [6.45, 7) is 2.71. The van der Waals surface area contributed by atoms with Crippen molar-refractivity contribution in [1.29, 1.82) is 0 Å². The van der Waals surface area contributed by atoms with Crippen molar-refractivity contribution < 1.29 is 9.59 Å². The van der Waals surface area contributed by atoms with Crippen LogP contribution in [0.2, 0.25) is 0 Å². The van der Waals surface area contributed by atoms with Crippen LogP contribution in [0.15, 0.2) is 53.7 Å². The van der Waals surface area contributed by atoms with E-state index in [0.717, 1.165) is 51.7 Å². The molecule has 10 heteroatoms. The number of nitrogens with zero attached hydrogens (tertiary/aromatic N) is 4. The first-order valence-electron chi connectivity index (χ1n) is 10.7. The molecule has 4 rings (SSSR count). The lowest BCUT2D eigenvalue weighted by Gasteiger charge is -2.41. The van der Waals surface area contributed by atoms with Crippen LogP contribution in [0.25, 0.3) is 10.9 Å². The van der Waals surface area contributed by atoms with Crippen molar-refractivity contribution in [3.05, 3.63) is 54.4 Å². The molecule has 8 nitrogen and oxygen atoms in total. The van der Waals surface area contributed by atoms with Gasteiger partial charge < -0.3 is 20.7 Å². The van der Waals surface area contributed by atoms with Gasteiger partial charge in [0.1, 0.15) is 18.4 Å². The molecule has 2 heterocycles. The minimum Gasteiger partial charge on any atom is -0.383 e. The standard InChI is InChI=1S/C23H25ClN6O2S/c24-33-19-5-1-3-17(12-19)28-23(32)30-9-8-29(14-18(30)4-2-10-31)13-16-6-7-20-21(11-16)26-15-27-22(20)25/h1,3,5-7,10-12,15,18H,2,4,8-9,13-14H2,(H,28,32)(H2,25,26,27)/t18-/m0/s1. The first-order valence-corrected chi connectivity index (χ1v) is 12.3. The molecule has 2 aromatic carbocycles. The normalized spacial score (nSPS) is 16.6. The fraction of sp³-hybridized carbons (Fsp3) is 0.304. The molecule has 0 unspecified atom stereocenters. The number of aldehydes is 1. The molecule has 1 fully saturated rings. The Kier molecular flexibility index (Phi) is 7.64. The van der Waals surface area contributed by atoms with Gasteiger partial charge in [0.2, 0.25) is 0 Å². The van der Waals surface area contributed by atoms with Gasteiger partial charge in [-0.05, 0) is 64.0 Å². The zero-order chi connectivity index (χ0) is 23.2. The van der Waals surface area contributed by atoms with E-state index < -0.39 is 0 Å². The fourth-order valence-electron chi connectivity index (χ4n) is 4.14. The number of benzene rings is 2. The zero-order valence-electron chi connectivity index (χ0n) is 18.0. The SMILES string of the molecule is Nc1ncnc2cc(CN3CCN(C(=O)Nc4cccc(SCl)c4)[C@@H](CCC=O)C3)ccc12. The Morgan fingerprint density at radius 1 is 1.24 bits per heavy atom. The number of carbonyl (C=O) groups excluding carboxylic acids is 2. The monoisotopic (exact) mass is 484 g/mol. The number of urea groups is 1. The van der Waals surface area contributed by atoms with Crippen molar-refractivity contribution in [2.24, 2.45) is 0 Å². The van der Waals surface area contributed by atoms with Gasteiger partial charge in [0.15, 0.2) is 0 Å². The number of halogens is 1. The Morgan fingerprint density at radius 2 is 2.12 bits per heavy atom. The number of piperazine rings is 1. The number of carbonyl (C=O) groups is 2. The van der Waals surface area contributed by atoms with Crippen molar-refractivity contribution in [2.75, 3.05) is 30.7 Å². The van der Waals surface area contributed by atoms with Gasteiger partial charge in [-0.2, -0.15) is 0 Å². The second-order valence-corrected chi connectivity index (χ2v) is 9.06. The molecule has 1 saturated heterocycles. The third-order valence-electron chi connectivity index (χ3n) is 5.76. The predicted molar refractivity (Wildman–Crippen MR) is 132 cm³/mol. The molecule has 0 aliphatic carbocycles. The summed E-state index contributed by atoms with van der Waals surface area (Å²) in [5.74, 6) is 0.468. The van der Waals surface area contributed by atoms with Gasteiger partial charge in [-0.15, -0.1) is 0 Å². The summed E-state index contributed by atoms with van der Waals surface area (Å²) in [6, 6.07) is 13.2. The number of rotatable bonds is 7.